The Labute approximate surface area is 292 Å². The molecule has 3 N–H and O–H groups in total. The Morgan fingerprint density at radius 3 is 2.20 bits per heavy atom. The second-order valence-electron chi connectivity index (χ2n) is 10.4. The SMILES string of the molecule is COc1ccccc1-c1csc(NC(=O)C(C)Sc2ccc(NC(=O)/C(=C/c3cccc(OC)c3OC)NC(=O)c3ccccc3)cc2)n1. The van der Waals surface area contributed by atoms with E-state index >= 15 is 0 Å². The number of methoxy groups -OCH3 is 3. The van der Waals surface area contributed by atoms with Crippen LogP contribution in [0.25, 0.3) is 17.3 Å². The number of nitrogens with one attached hydrogen (secondary N) is 3. The van der Waals surface area contributed by atoms with E-state index in [1.165, 1.54) is 43.4 Å². The normalized spacial score (nSPS) is 11.6. The molecule has 5 aromatic rings. The van der Waals surface area contributed by atoms with Crippen LogP contribution in [0.5, 0.6) is 17.2 Å². The van der Waals surface area contributed by atoms with E-state index < -0.39 is 17.1 Å². The Balaban J connectivity index is 1.25. The number of anilines is 2. The second kappa shape index (κ2) is 16.5. The van der Waals surface area contributed by atoms with Gasteiger partial charge in [-0.15, -0.1) is 23.1 Å². The van der Waals surface area contributed by atoms with Gasteiger partial charge in [0.25, 0.3) is 11.8 Å². The molecule has 0 aliphatic heterocycles. The van der Waals surface area contributed by atoms with Crippen molar-refractivity contribution in [3.63, 3.8) is 0 Å². The fourth-order valence-electron chi connectivity index (χ4n) is 4.71. The van der Waals surface area contributed by atoms with E-state index in [2.05, 4.69) is 20.9 Å². The molecule has 0 spiro atoms. The number of thiazole rings is 1. The number of thioether (sulfide) groups is 1. The highest BCUT2D eigenvalue weighted by molar-refractivity contribution is 8.00. The van der Waals surface area contributed by atoms with Crippen molar-refractivity contribution in [3.05, 3.63) is 119 Å². The molecular formula is C37H34N4O6S2. The van der Waals surface area contributed by atoms with Crippen LogP contribution in [0.3, 0.4) is 0 Å². The van der Waals surface area contributed by atoms with Crippen molar-refractivity contribution < 1.29 is 28.6 Å². The van der Waals surface area contributed by atoms with Crippen LogP contribution in [0.15, 0.2) is 113 Å². The lowest BCUT2D eigenvalue weighted by Gasteiger charge is -2.14. The number of rotatable bonds is 13. The molecular weight excluding hydrogens is 661 g/mol. The smallest absolute Gasteiger partial charge is 0.272 e. The number of hydrogen-bond acceptors (Lipinski definition) is 9. The molecule has 0 saturated heterocycles. The minimum absolute atomic E-state index is 0.000188. The summed E-state index contributed by atoms with van der Waals surface area (Å²) in [4.78, 5) is 45.0. The zero-order valence-electron chi connectivity index (χ0n) is 27.2. The number of carbonyl (C=O) groups excluding carboxylic acids is 3. The lowest BCUT2D eigenvalue weighted by atomic mass is 10.1. The van der Waals surface area contributed by atoms with Crippen molar-refractivity contribution in [1.29, 1.82) is 0 Å². The van der Waals surface area contributed by atoms with Crippen molar-refractivity contribution in [1.82, 2.24) is 10.3 Å². The van der Waals surface area contributed by atoms with Gasteiger partial charge in [-0.3, -0.25) is 14.4 Å². The van der Waals surface area contributed by atoms with Gasteiger partial charge in [-0.25, -0.2) is 4.98 Å². The molecule has 1 aromatic heterocycles. The van der Waals surface area contributed by atoms with Crippen LogP contribution in [-0.2, 0) is 9.59 Å². The third-order valence-corrected chi connectivity index (χ3v) is 9.04. The minimum Gasteiger partial charge on any atom is -0.496 e. The number of nitrogens with zero attached hydrogens (tertiary/aromatic N) is 1. The molecule has 1 atom stereocenters. The van der Waals surface area contributed by atoms with Gasteiger partial charge in [0.05, 0.1) is 32.3 Å². The Hall–Kier alpha value is -5.59. The molecule has 10 nitrogen and oxygen atoms in total. The molecule has 5 rings (SSSR count). The fourth-order valence-corrected chi connectivity index (χ4v) is 6.30. The van der Waals surface area contributed by atoms with E-state index in [1.54, 1.807) is 67.8 Å². The molecule has 12 heteroatoms. The number of carbonyl (C=O) groups is 3. The van der Waals surface area contributed by atoms with E-state index in [1.807, 2.05) is 48.7 Å². The van der Waals surface area contributed by atoms with Gasteiger partial charge in [0, 0.05) is 32.7 Å². The predicted molar refractivity (Wildman–Crippen MR) is 195 cm³/mol. The molecule has 4 aromatic carbocycles. The molecule has 250 valence electrons. The highest BCUT2D eigenvalue weighted by Crippen LogP contribution is 2.34. The van der Waals surface area contributed by atoms with E-state index in [9.17, 15) is 14.4 Å². The van der Waals surface area contributed by atoms with Gasteiger partial charge >= 0.3 is 0 Å². The molecule has 0 aliphatic carbocycles. The third-order valence-electron chi connectivity index (χ3n) is 7.17. The van der Waals surface area contributed by atoms with E-state index in [-0.39, 0.29) is 11.6 Å². The molecule has 3 amide bonds. The summed E-state index contributed by atoms with van der Waals surface area (Å²) < 4.78 is 16.4. The summed E-state index contributed by atoms with van der Waals surface area (Å²) in [6.07, 6.45) is 1.53. The van der Waals surface area contributed by atoms with E-state index in [0.29, 0.717) is 39.2 Å². The Morgan fingerprint density at radius 2 is 1.49 bits per heavy atom. The van der Waals surface area contributed by atoms with Gasteiger partial charge < -0.3 is 30.2 Å². The van der Waals surface area contributed by atoms with Gasteiger partial charge in [-0.05, 0) is 67.6 Å². The molecule has 0 saturated carbocycles. The Kier molecular flexibility index (Phi) is 11.7. The molecule has 0 fully saturated rings. The monoisotopic (exact) mass is 694 g/mol. The molecule has 0 bridgehead atoms. The molecule has 1 unspecified atom stereocenters. The molecule has 0 radical (unpaired) electrons. The minimum atomic E-state index is -0.543. The van der Waals surface area contributed by atoms with Crippen molar-refractivity contribution >= 4 is 57.7 Å². The van der Waals surface area contributed by atoms with E-state index in [0.717, 1.165) is 16.2 Å². The van der Waals surface area contributed by atoms with Gasteiger partial charge in [0.2, 0.25) is 5.91 Å². The number of para-hydroxylation sites is 2. The van der Waals surface area contributed by atoms with Gasteiger partial charge in [-0.2, -0.15) is 0 Å². The van der Waals surface area contributed by atoms with Crippen LogP contribution >= 0.6 is 23.1 Å². The lowest BCUT2D eigenvalue weighted by Crippen LogP contribution is -2.30. The van der Waals surface area contributed by atoms with Crippen molar-refractivity contribution in [2.24, 2.45) is 0 Å². The average Bonchev–Trinajstić information content (AvgIpc) is 3.60. The quantitative estimate of drug-likeness (QED) is 0.0862. The number of amides is 3. The standard InChI is InChI=1S/C37H34N4O6S2/c1-23(34(42)41-37-40-30(22-48-37)28-14-8-9-15-31(28)45-2)49-27-19-17-26(18-20-27)38-36(44)29(39-35(43)24-11-6-5-7-12-24)21-25-13-10-16-32(46-3)33(25)47-4/h5-23H,1-4H3,(H,38,44)(H,39,43)(H,40,41,42)/b29-21-. The topological polar surface area (TPSA) is 128 Å². The molecule has 1 heterocycles. The molecule has 49 heavy (non-hydrogen) atoms. The summed E-state index contributed by atoms with van der Waals surface area (Å²) in [6.45, 7) is 1.81. The zero-order chi connectivity index (χ0) is 34.8. The highest BCUT2D eigenvalue weighted by atomic mass is 32.2. The summed E-state index contributed by atoms with van der Waals surface area (Å²) in [5.74, 6) is 0.409. The largest absolute Gasteiger partial charge is 0.496 e. The fraction of sp³-hybridized carbons (Fsp3) is 0.135. The first-order valence-corrected chi connectivity index (χ1v) is 16.8. The van der Waals surface area contributed by atoms with Crippen molar-refractivity contribution in [2.75, 3.05) is 32.0 Å². The van der Waals surface area contributed by atoms with Crippen LogP contribution in [0.2, 0.25) is 0 Å². The second-order valence-corrected chi connectivity index (χ2v) is 12.7. The van der Waals surface area contributed by atoms with Crippen molar-refractivity contribution in [3.8, 4) is 28.5 Å². The summed E-state index contributed by atoms with van der Waals surface area (Å²) in [6, 6.07) is 28.5. The Bertz CT molecular complexity index is 1960. The van der Waals surface area contributed by atoms with Crippen LogP contribution < -0.4 is 30.2 Å². The first-order chi connectivity index (χ1) is 23.8. The maximum absolute atomic E-state index is 13.6. The zero-order valence-corrected chi connectivity index (χ0v) is 28.8. The first-order valence-electron chi connectivity index (χ1n) is 15.1. The van der Waals surface area contributed by atoms with Gasteiger partial charge in [-0.1, -0.05) is 42.5 Å². The summed E-state index contributed by atoms with van der Waals surface area (Å²) in [7, 11) is 4.63. The maximum Gasteiger partial charge on any atom is 0.272 e. The number of aromatic nitrogens is 1. The van der Waals surface area contributed by atoms with E-state index in [4.69, 9.17) is 14.2 Å². The highest BCUT2D eigenvalue weighted by Gasteiger charge is 2.19. The predicted octanol–water partition coefficient (Wildman–Crippen LogP) is 7.36. The average molecular weight is 695 g/mol. The van der Waals surface area contributed by atoms with Crippen LogP contribution in [0.1, 0.15) is 22.8 Å². The van der Waals surface area contributed by atoms with Crippen LogP contribution in [0, 0.1) is 0 Å². The van der Waals surface area contributed by atoms with Crippen LogP contribution in [-0.4, -0.2) is 49.3 Å². The molecule has 0 aliphatic rings. The first kappa shape index (κ1) is 34.7. The maximum atomic E-state index is 13.6. The van der Waals surface area contributed by atoms with Gasteiger partial charge in [0.15, 0.2) is 16.6 Å². The Morgan fingerprint density at radius 1 is 0.796 bits per heavy atom. The van der Waals surface area contributed by atoms with Crippen LogP contribution in [0.4, 0.5) is 10.8 Å². The summed E-state index contributed by atoms with van der Waals surface area (Å²) >= 11 is 2.71. The summed E-state index contributed by atoms with van der Waals surface area (Å²) in [5, 5.41) is 10.4. The van der Waals surface area contributed by atoms with Crippen molar-refractivity contribution in [2.45, 2.75) is 17.1 Å². The lowest BCUT2D eigenvalue weighted by molar-refractivity contribution is -0.115. The number of hydrogen-bond donors (Lipinski definition) is 3. The third kappa shape index (κ3) is 8.86. The number of ether oxygens (including phenoxy) is 3. The van der Waals surface area contributed by atoms with Gasteiger partial charge in [0.1, 0.15) is 11.4 Å². The summed E-state index contributed by atoms with van der Waals surface area (Å²) in [5.41, 5.74) is 2.99. The number of benzene rings is 4.